The van der Waals surface area contributed by atoms with Crippen LogP contribution in [0.3, 0.4) is 0 Å². The van der Waals surface area contributed by atoms with Gasteiger partial charge in [-0.1, -0.05) is 13.0 Å². The van der Waals surface area contributed by atoms with Crippen LogP contribution in [0.5, 0.6) is 0 Å². The van der Waals surface area contributed by atoms with Crippen molar-refractivity contribution in [3.8, 4) is 0 Å². The van der Waals surface area contributed by atoms with Gasteiger partial charge in [-0.3, -0.25) is 4.98 Å². The second kappa shape index (κ2) is 7.37. The van der Waals surface area contributed by atoms with E-state index < -0.39 is 0 Å². The highest BCUT2D eigenvalue weighted by Gasteiger charge is 2.07. The molecule has 1 rings (SSSR count). The molecule has 15 heavy (non-hydrogen) atoms. The quantitative estimate of drug-likeness (QED) is 0.739. The van der Waals surface area contributed by atoms with E-state index in [0.29, 0.717) is 6.04 Å². The van der Waals surface area contributed by atoms with E-state index in [2.05, 4.69) is 23.3 Å². The normalized spacial score (nSPS) is 12.7. The van der Waals surface area contributed by atoms with E-state index in [1.807, 2.05) is 12.3 Å². The van der Waals surface area contributed by atoms with Crippen molar-refractivity contribution >= 4 is 0 Å². The highest BCUT2D eigenvalue weighted by Crippen LogP contribution is 2.01. The van der Waals surface area contributed by atoms with E-state index in [9.17, 15) is 0 Å². The highest BCUT2D eigenvalue weighted by atomic mass is 16.5. The van der Waals surface area contributed by atoms with E-state index >= 15 is 0 Å². The topological polar surface area (TPSA) is 34.1 Å². The third kappa shape index (κ3) is 4.91. The van der Waals surface area contributed by atoms with Crippen LogP contribution in [0.2, 0.25) is 0 Å². The number of nitrogens with one attached hydrogen (secondary N) is 1. The Hall–Kier alpha value is -0.930. The van der Waals surface area contributed by atoms with Crippen molar-refractivity contribution in [3.63, 3.8) is 0 Å². The highest BCUT2D eigenvalue weighted by molar-refractivity contribution is 5.10. The SMILES string of the molecule is CCCNC(COC)Cc1cccnc1. The Morgan fingerprint density at radius 2 is 2.40 bits per heavy atom. The van der Waals surface area contributed by atoms with Crippen molar-refractivity contribution < 1.29 is 4.74 Å². The third-order valence-electron chi connectivity index (χ3n) is 2.26. The van der Waals surface area contributed by atoms with Crippen molar-refractivity contribution in [2.45, 2.75) is 25.8 Å². The summed E-state index contributed by atoms with van der Waals surface area (Å²) in [6.07, 6.45) is 5.83. The summed E-state index contributed by atoms with van der Waals surface area (Å²) in [4.78, 5) is 4.11. The van der Waals surface area contributed by atoms with E-state index in [4.69, 9.17) is 4.74 Å². The van der Waals surface area contributed by atoms with Gasteiger partial charge in [-0.15, -0.1) is 0 Å². The largest absolute Gasteiger partial charge is 0.383 e. The summed E-state index contributed by atoms with van der Waals surface area (Å²) in [5.74, 6) is 0. The molecule has 0 aliphatic heterocycles. The summed E-state index contributed by atoms with van der Waals surface area (Å²) in [7, 11) is 1.74. The second-order valence-electron chi connectivity index (χ2n) is 3.67. The van der Waals surface area contributed by atoms with Crippen LogP contribution in [0.15, 0.2) is 24.5 Å². The van der Waals surface area contributed by atoms with Crippen LogP contribution in [0.25, 0.3) is 0 Å². The number of aromatic nitrogens is 1. The molecule has 0 amide bonds. The van der Waals surface area contributed by atoms with E-state index in [0.717, 1.165) is 26.0 Å². The molecular formula is C12H20N2O. The molecule has 1 aromatic heterocycles. The molecule has 3 nitrogen and oxygen atoms in total. The Balaban J connectivity index is 2.43. The predicted octanol–water partition coefficient (Wildman–Crippen LogP) is 1.64. The van der Waals surface area contributed by atoms with Crippen LogP contribution < -0.4 is 5.32 Å². The molecule has 0 aromatic carbocycles. The molecule has 1 atom stereocenters. The summed E-state index contributed by atoms with van der Waals surface area (Å²) in [6, 6.07) is 4.46. The maximum atomic E-state index is 5.19. The van der Waals surface area contributed by atoms with Gasteiger partial charge in [0.25, 0.3) is 0 Å². The minimum Gasteiger partial charge on any atom is -0.383 e. The Labute approximate surface area is 91.9 Å². The van der Waals surface area contributed by atoms with Crippen molar-refractivity contribution in [2.75, 3.05) is 20.3 Å². The molecule has 0 saturated carbocycles. The first-order valence-electron chi connectivity index (χ1n) is 5.48. The number of methoxy groups -OCH3 is 1. The zero-order chi connectivity index (χ0) is 10.9. The summed E-state index contributed by atoms with van der Waals surface area (Å²) >= 11 is 0. The lowest BCUT2D eigenvalue weighted by Crippen LogP contribution is -2.35. The summed E-state index contributed by atoms with van der Waals surface area (Å²) in [5.41, 5.74) is 1.25. The lowest BCUT2D eigenvalue weighted by atomic mass is 10.1. The van der Waals surface area contributed by atoms with Gasteiger partial charge in [0.2, 0.25) is 0 Å². The van der Waals surface area contributed by atoms with Crippen molar-refractivity contribution in [1.29, 1.82) is 0 Å². The van der Waals surface area contributed by atoms with Crippen LogP contribution in [0, 0.1) is 0 Å². The molecule has 0 fully saturated rings. The molecule has 0 spiro atoms. The van der Waals surface area contributed by atoms with Crippen LogP contribution in [0.4, 0.5) is 0 Å². The van der Waals surface area contributed by atoms with Crippen molar-refractivity contribution in [2.24, 2.45) is 0 Å². The maximum Gasteiger partial charge on any atom is 0.0619 e. The fourth-order valence-electron chi connectivity index (χ4n) is 1.54. The minimum absolute atomic E-state index is 0.388. The van der Waals surface area contributed by atoms with E-state index in [1.54, 1.807) is 13.3 Å². The first-order valence-corrected chi connectivity index (χ1v) is 5.48. The molecule has 0 radical (unpaired) electrons. The summed E-state index contributed by atoms with van der Waals surface area (Å²) in [5, 5.41) is 3.47. The smallest absolute Gasteiger partial charge is 0.0619 e. The molecule has 1 aromatic rings. The molecule has 1 N–H and O–H groups in total. The lowest BCUT2D eigenvalue weighted by Gasteiger charge is -2.17. The maximum absolute atomic E-state index is 5.19. The summed E-state index contributed by atoms with van der Waals surface area (Å²) in [6.45, 7) is 3.95. The van der Waals surface area contributed by atoms with Gasteiger partial charge in [0.15, 0.2) is 0 Å². The van der Waals surface area contributed by atoms with Gasteiger partial charge < -0.3 is 10.1 Å². The standard InChI is InChI=1S/C12H20N2O/c1-3-6-14-12(10-15-2)8-11-5-4-7-13-9-11/h4-5,7,9,12,14H,3,6,8,10H2,1-2H3. The van der Waals surface area contributed by atoms with Gasteiger partial charge in [0.1, 0.15) is 0 Å². The number of hydrogen-bond donors (Lipinski definition) is 1. The predicted molar refractivity (Wildman–Crippen MR) is 61.9 cm³/mol. The Morgan fingerprint density at radius 3 is 3.00 bits per heavy atom. The number of nitrogens with zero attached hydrogens (tertiary/aromatic N) is 1. The van der Waals surface area contributed by atoms with Crippen LogP contribution >= 0.6 is 0 Å². The molecule has 0 saturated heterocycles. The van der Waals surface area contributed by atoms with Crippen LogP contribution in [-0.2, 0) is 11.2 Å². The van der Waals surface area contributed by atoms with Gasteiger partial charge in [0.05, 0.1) is 6.61 Å². The van der Waals surface area contributed by atoms with Gasteiger partial charge >= 0.3 is 0 Å². The minimum atomic E-state index is 0.388. The van der Waals surface area contributed by atoms with E-state index in [-0.39, 0.29) is 0 Å². The molecule has 84 valence electrons. The Morgan fingerprint density at radius 1 is 1.53 bits per heavy atom. The molecule has 0 bridgehead atoms. The lowest BCUT2D eigenvalue weighted by molar-refractivity contribution is 0.166. The van der Waals surface area contributed by atoms with Gasteiger partial charge in [-0.25, -0.2) is 0 Å². The average molecular weight is 208 g/mol. The molecule has 1 heterocycles. The molecule has 3 heteroatoms. The molecule has 0 aliphatic rings. The van der Waals surface area contributed by atoms with E-state index in [1.165, 1.54) is 5.56 Å². The van der Waals surface area contributed by atoms with Crippen molar-refractivity contribution in [1.82, 2.24) is 10.3 Å². The number of ether oxygens (including phenoxy) is 1. The number of pyridine rings is 1. The van der Waals surface area contributed by atoms with Gasteiger partial charge in [0, 0.05) is 25.5 Å². The number of rotatable bonds is 7. The molecular weight excluding hydrogens is 188 g/mol. The molecule has 0 aliphatic carbocycles. The monoisotopic (exact) mass is 208 g/mol. The average Bonchev–Trinajstić information content (AvgIpc) is 2.28. The zero-order valence-electron chi connectivity index (χ0n) is 9.57. The second-order valence-corrected chi connectivity index (χ2v) is 3.67. The van der Waals surface area contributed by atoms with Gasteiger partial charge in [-0.2, -0.15) is 0 Å². The van der Waals surface area contributed by atoms with Crippen LogP contribution in [0.1, 0.15) is 18.9 Å². The fourth-order valence-corrected chi connectivity index (χ4v) is 1.54. The van der Waals surface area contributed by atoms with Crippen molar-refractivity contribution in [3.05, 3.63) is 30.1 Å². The first-order chi connectivity index (χ1) is 7.36. The fraction of sp³-hybridized carbons (Fsp3) is 0.583. The van der Waals surface area contributed by atoms with Crippen LogP contribution in [-0.4, -0.2) is 31.3 Å². The number of hydrogen-bond acceptors (Lipinski definition) is 3. The Kier molecular flexibility index (Phi) is 5.97. The third-order valence-corrected chi connectivity index (χ3v) is 2.26. The molecule has 1 unspecified atom stereocenters. The summed E-state index contributed by atoms with van der Waals surface area (Å²) < 4.78 is 5.19. The van der Waals surface area contributed by atoms with Gasteiger partial charge in [-0.05, 0) is 31.0 Å². The Bertz CT molecular complexity index is 251. The zero-order valence-corrected chi connectivity index (χ0v) is 9.57. The first kappa shape index (κ1) is 12.1.